The normalized spacial score (nSPS) is 10.7. The predicted molar refractivity (Wildman–Crippen MR) is 169 cm³/mol. The third-order valence-corrected chi connectivity index (χ3v) is 5.96. The zero-order valence-electron chi connectivity index (χ0n) is 27.6. The average molecular weight is 638 g/mol. The highest BCUT2D eigenvalue weighted by Gasteiger charge is 2.09. The molecule has 0 saturated heterocycles. The van der Waals surface area contributed by atoms with Gasteiger partial charge in [0.15, 0.2) is 11.3 Å². The van der Waals surface area contributed by atoms with Crippen molar-refractivity contribution in [3.63, 3.8) is 0 Å². The first-order chi connectivity index (χ1) is 21.5. The maximum absolute atomic E-state index is 10.6. The molecule has 0 aromatic carbocycles. The van der Waals surface area contributed by atoms with E-state index in [1.54, 1.807) is 26.4 Å². The van der Waals surface area contributed by atoms with Crippen LogP contribution in [0, 0.1) is 6.92 Å². The maximum atomic E-state index is 10.6. The quantitative estimate of drug-likeness (QED) is 0.233. The molecule has 18 nitrogen and oxygen atoms in total. The molecule has 248 valence electrons. The Bertz CT molecular complexity index is 1590. The molecule has 5 rings (SSSR count). The zero-order chi connectivity index (χ0) is 34.7. The molecule has 0 unspecified atom stereocenters. The number of aryl methyl sites for hydroxylation is 1. The second kappa shape index (κ2) is 16.5. The van der Waals surface area contributed by atoms with E-state index in [-0.39, 0.29) is 29.6 Å². The Balaban J connectivity index is 0.000000214. The van der Waals surface area contributed by atoms with E-state index in [4.69, 9.17) is 17.2 Å². The fourth-order valence-electron chi connectivity index (χ4n) is 3.32. The summed E-state index contributed by atoms with van der Waals surface area (Å²) in [5.74, 6) is -0.716. The number of carbonyl (C=O) groups is 3. The monoisotopic (exact) mass is 637 g/mol. The van der Waals surface area contributed by atoms with E-state index >= 15 is 0 Å². The van der Waals surface area contributed by atoms with Gasteiger partial charge < -0.3 is 21.8 Å². The van der Waals surface area contributed by atoms with Gasteiger partial charge in [-0.2, -0.15) is 5.10 Å². The molecule has 0 aliphatic heterocycles. The van der Waals surface area contributed by atoms with Crippen molar-refractivity contribution >= 4 is 28.9 Å². The number of hydrogen-bond donors (Lipinski definition) is 3. The Morgan fingerprint density at radius 2 is 1.33 bits per heavy atom. The number of hydrogen-bond acceptors (Lipinski definition) is 11. The minimum atomic E-state index is -0.593. The zero-order valence-corrected chi connectivity index (χ0v) is 27.6. The lowest BCUT2D eigenvalue weighted by Crippen LogP contribution is -2.14. The van der Waals surface area contributed by atoms with Crippen LogP contribution >= 0.6 is 0 Å². The third-order valence-electron chi connectivity index (χ3n) is 5.96. The highest BCUT2D eigenvalue weighted by Crippen LogP contribution is 2.14. The highest BCUT2D eigenvalue weighted by atomic mass is 16.2. The summed E-state index contributed by atoms with van der Waals surface area (Å²) in [4.78, 5) is 48.0. The van der Waals surface area contributed by atoms with Crippen LogP contribution in [0.3, 0.4) is 0 Å². The van der Waals surface area contributed by atoms with Gasteiger partial charge in [0.25, 0.3) is 17.7 Å². The van der Waals surface area contributed by atoms with Crippen LogP contribution < -0.4 is 17.2 Å². The van der Waals surface area contributed by atoms with Crippen LogP contribution in [0.5, 0.6) is 0 Å². The van der Waals surface area contributed by atoms with E-state index in [0.717, 1.165) is 17.0 Å². The van der Waals surface area contributed by atoms with Gasteiger partial charge in [-0.25, -0.2) is 29.3 Å². The van der Waals surface area contributed by atoms with Crippen LogP contribution in [0.25, 0.3) is 11.2 Å². The van der Waals surface area contributed by atoms with Crippen molar-refractivity contribution in [2.24, 2.45) is 17.2 Å². The topological polar surface area (TPSA) is 252 Å². The number of nitrogens with two attached hydrogens (primary N) is 3. The Kier molecular flexibility index (Phi) is 13.1. The number of carbonyl (C=O) groups excluding carboxylic acids is 3. The van der Waals surface area contributed by atoms with Crippen LogP contribution in [-0.4, -0.2) is 76.8 Å². The van der Waals surface area contributed by atoms with Crippen LogP contribution in [0.4, 0.5) is 0 Å². The summed E-state index contributed by atoms with van der Waals surface area (Å²) < 4.78 is 6.91. The highest BCUT2D eigenvalue weighted by molar-refractivity contribution is 5.92. The number of nitrogens with zero attached hydrogens (tertiary/aromatic N) is 12. The van der Waals surface area contributed by atoms with Crippen molar-refractivity contribution < 1.29 is 14.4 Å². The number of primary amides is 3. The van der Waals surface area contributed by atoms with Gasteiger partial charge in [0, 0.05) is 30.4 Å². The molecule has 5 aromatic heterocycles. The third kappa shape index (κ3) is 10.6. The number of imidazole rings is 1. The van der Waals surface area contributed by atoms with E-state index in [0.29, 0.717) is 11.6 Å². The number of aromatic nitrogens is 12. The van der Waals surface area contributed by atoms with Crippen molar-refractivity contribution in [2.75, 3.05) is 0 Å². The van der Waals surface area contributed by atoms with Gasteiger partial charge in [0.1, 0.15) is 17.7 Å². The molecule has 18 heteroatoms. The van der Waals surface area contributed by atoms with Gasteiger partial charge in [-0.3, -0.25) is 19.1 Å². The van der Waals surface area contributed by atoms with Crippen LogP contribution in [0.1, 0.15) is 117 Å². The van der Waals surface area contributed by atoms with Crippen molar-refractivity contribution in [1.29, 1.82) is 0 Å². The van der Waals surface area contributed by atoms with E-state index in [1.807, 2.05) is 59.4 Å². The van der Waals surface area contributed by atoms with Gasteiger partial charge in [0.2, 0.25) is 5.82 Å². The molecule has 0 spiro atoms. The van der Waals surface area contributed by atoms with E-state index in [2.05, 4.69) is 54.3 Å². The summed E-state index contributed by atoms with van der Waals surface area (Å²) in [5.41, 5.74) is 17.4. The molecule has 6 N–H and O–H groups in total. The van der Waals surface area contributed by atoms with E-state index in [9.17, 15) is 14.4 Å². The van der Waals surface area contributed by atoms with Gasteiger partial charge in [-0.15, -0.1) is 10.2 Å². The fraction of sp³-hybridized carbons (Fsp3) is 0.464. The van der Waals surface area contributed by atoms with Crippen molar-refractivity contribution in [3.8, 4) is 0 Å². The minimum absolute atomic E-state index is 0.0682. The summed E-state index contributed by atoms with van der Waals surface area (Å²) in [6, 6.07) is 1.06. The fourth-order valence-corrected chi connectivity index (χ4v) is 3.32. The molecular formula is C28H43N15O3. The molecule has 46 heavy (non-hydrogen) atoms. The van der Waals surface area contributed by atoms with Crippen LogP contribution in [0.15, 0.2) is 37.4 Å². The predicted octanol–water partition coefficient (Wildman–Crippen LogP) is 2.19. The SMILES string of the molecule is CC(C)n1cc(C(N)=O)cn1.CC(C)n1cc(C(N)=O)nn1.CC(C)n1cnc(C(N)=O)n1.Cc1ncc2ncn(C(C)C)c2n1. The van der Waals surface area contributed by atoms with Crippen LogP contribution in [0.2, 0.25) is 0 Å². The number of amides is 3. The first kappa shape index (κ1) is 36.6. The van der Waals surface area contributed by atoms with Crippen molar-refractivity contribution in [3.05, 3.63) is 60.3 Å². The molecule has 0 radical (unpaired) electrons. The summed E-state index contributed by atoms with van der Waals surface area (Å²) in [5, 5.41) is 15.1. The molecule has 0 atom stereocenters. The summed E-state index contributed by atoms with van der Waals surface area (Å²) >= 11 is 0. The first-order valence-corrected chi connectivity index (χ1v) is 14.4. The second-order valence-electron chi connectivity index (χ2n) is 11.1. The molecule has 0 bridgehead atoms. The standard InChI is InChI=1S/C9H12N4.C7H11N3O.2C6H10N4O/c1-6(2)13-5-11-8-4-10-7(3)12-9(8)13;1-5(2)10-4-6(3-9-10)7(8)11;1-4(2)10-3-8-6(9-10)5(7)11;1-4(2)10-3-5(6(7)11)8-9-10/h4-6H,1-3H3;3-5H,1-2H3,(H2,8,11);2*3-4H,1-2H3,(H2,7,11). The van der Waals surface area contributed by atoms with Crippen LogP contribution in [-0.2, 0) is 0 Å². The molecule has 0 fully saturated rings. The lowest BCUT2D eigenvalue weighted by Gasteiger charge is -2.06. The molecule has 0 saturated carbocycles. The van der Waals surface area contributed by atoms with E-state index < -0.39 is 17.7 Å². The maximum Gasteiger partial charge on any atom is 0.288 e. The molecule has 5 heterocycles. The van der Waals surface area contributed by atoms with Gasteiger partial charge in [-0.05, 0) is 62.3 Å². The van der Waals surface area contributed by atoms with Gasteiger partial charge >= 0.3 is 0 Å². The van der Waals surface area contributed by atoms with Crippen molar-refractivity contribution in [1.82, 2.24) is 59.1 Å². The largest absolute Gasteiger partial charge is 0.366 e. The Morgan fingerprint density at radius 1 is 0.696 bits per heavy atom. The number of rotatable bonds is 7. The lowest BCUT2D eigenvalue weighted by atomic mass is 10.3. The van der Waals surface area contributed by atoms with E-state index in [1.165, 1.54) is 18.7 Å². The summed E-state index contributed by atoms with van der Waals surface area (Å²) in [6.45, 7) is 17.8. The Labute approximate surface area is 266 Å². The minimum Gasteiger partial charge on any atom is -0.366 e. The molecular weight excluding hydrogens is 594 g/mol. The molecule has 0 aliphatic carbocycles. The summed E-state index contributed by atoms with van der Waals surface area (Å²) in [7, 11) is 0. The average Bonchev–Trinajstić information content (AvgIpc) is 3.79. The molecule has 0 aliphatic rings. The first-order valence-electron chi connectivity index (χ1n) is 14.4. The molecule has 5 aromatic rings. The smallest absolute Gasteiger partial charge is 0.288 e. The molecule has 3 amide bonds. The Hall–Kier alpha value is -5.55. The Morgan fingerprint density at radius 3 is 1.72 bits per heavy atom. The lowest BCUT2D eigenvalue weighted by molar-refractivity contribution is 0.0983. The second-order valence-corrected chi connectivity index (χ2v) is 11.1. The van der Waals surface area contributed by atoms with Gasteiger partial charge in [-0.1, -0.05) is 5.21 Å². The van der Waals surface area contributed by atoms with Gasteiger partial charge in [0.05, 0.1) is 30.5 Å². The number of fused-ring (bicyclic) bond motifs is 1. The summed E-state index contributed by atoms with van der Waals surface area (Å²) in [6.07, 6.45) is 9.72. The van der Waals surface area contributed by atoms with Crippen molar-refractivity contribution in [2.45, 2.75) is 86.5 Å².